The Morgan fingerprint density at radius 3 is 0.656 bits per heavy atom. The maximum absolute atomic E-state index is 10.2. The molecule has 0 atom stereocenters. The number of hydrogen-bond donors (Lipinski definition) is 0. The average Bonchev–Trinajstić information content (AvgIpc) is 3.22. The zero-order valence-electron chi connectivity index (χ0n) is 39.7. The summed E-state index contributed by atoms with van der Waals surface area (Å²) in [6.07, 6.45) is 65.8. The van der Waals surface area contributed by atoms with E-state index in [-0.39, 0.29) is 36.3 Å². The van der Waals surface area contributed by atoms with Gasteiger partial charge in [0.15, 0.2) is 0 Å². The van der Waals surface area contributed by atoms with Crippen LogP contribution in [0, 0.1) is 0 Å². The molecule has 0 saturated carbocycles. The smallest absolute Gasteiger partial charge is 0.550 e. The molecule has 61 heavy (non-hydrogen) atoms. The Kier molecular flexibility index (Phi) is 65.7. The SMILES string of the molecule is CCCCC/C=C\C/C=C\CCCCCCCC(=O)[O-].CCCCC/C=C\C/C=C\CCCCCCCC(=O)[O-].CCCCC/C=C\C/C=C\CCCCCCCC(=O)[O-].[Fe+3]. The zero-order valence-corrected chi connectivity index (χ0v) is 40.8. The van der Waals surface area contributed by atoms with E-state index in [4.69, 9.17) is 0 Å². The van der Waals surface area contributed by atoms with Crippen molar-refractivity contribution in [2.75, 3.05) is 0 Å². The molecule has 0 aliphatic carbocycles. The van der Waals surface area contributed by atoms with Gasteiger partial charge in [0.25, 0.3) is 0 Å². The van der Waals surface area contributed by atoms with Gasteiger partial charge in [0, 0.05) is 17.9 Å². The minimum atomic E-state index is -0.921. The molecule has 6 nitrogen and oxygen atoms in total. The van der Waals surface area contributed by atoms with Crippen molar-refractivity contribution in [3.8, 4) is 0 Å². The van der Waals surface area contributed by atoms with Crippen molar-refractivity contribution in [2.45, 2.75) is 252 Å². The van der Waals surface area contributed by atoms with Crippen LogP contribution in [0.1, 0.15) is 252 Å². The van der Waals surface area contributed by atoms with Crippen LogP contribution in [0.5, 0.6) is 0 Å². The van der Waals surface area contributed by atoms with Gasteiger partial charge in [-0.05, 0) is 135 Å². The maximum atomic E-state index is 10.2. The fraction of sp³-hybridized carbons (Fsp3) is 0.722. The summed E-state index contributed by atoms with van der Waals surface area (Å²) >= 11 is 0. The van der Waals surface area contributed by atoms with Crippen LogP contribution in [0.3, 0.4) is 0 Å². The van der Waals surface area contributed by atoms with Crippen molar-refractivity contribution < 1.29 is 46.8 Å². The first kappa shape index (κ1) is 65.0. The maximum Gasteiger partial charge on any atom is 3.00 e. The Hall–Kier alpha value is -2.63. The van der Waals surface area contributed by atoms with Crippen molar-refractivity contribution in [3.05, 3.63) is 72.9 Å². The number of hydrogen-bond acceptors (Lipinski definition) is 6. The molecule has 0 rings (SSSR count). The number of carboxylic acid groups (broad SMARTS) is 3. The Morgan fingerprint density at radius 2 is 0.459 bits per heavy atom. The van der Waals surface area contributed by atoms with Crippen LogP contribution in [0.2, 0.25) is 0 Å². The van der Waals surface area contributed by atoms with Gasteiger partial charge in [-0.15, -0.1) is 0 Å². The summed E-state index contributed by atoms with van der Waals surface area (Å²) in [6.45, 7) is 6.70. The topological polar surface area (TPSA) is 120 Å². The molecular weight excluding hydrogens is 800 g/mol. The molecular formula is C54H93FeO6. The Bertz CT molecular complexity index is 940. The second-order valence-electron chi connectivity index (χ2n) is 16.1. The Morgan fingerprint density at radius 1 is 0.279 bits per heavy atom. The van der Waals surface area contributed by atoms with Crippen molar-refractivity contribution >= 4 is 17.9 Å². The second kappa shape index (κ2) is 61.7. The van der Waals surface area contributed by atoms with Crippen LogP contribution in [-0.4, -0.2) is 17.9 Å². The summed E-state index contributed by atoms with van der Waals surface area (Å²) in [6, 6.07) is 0. The van der Waals surface area contributed by atoms with E-state index in [2.05, 4.69) is 93.7 Å². The molecule has 1 radical (unpaired) electrons. The Balaban J connectivity index is -0.000000396. The van der Waals surface area contributed by atoms with Crippen molar-refractivity contribution in [2.24, 2.45) is 0 Å². The van der Waals surface area contributed by atoms with Crippen LogP contribution < -0.4 is 15.3 Å². The largest absolute Gasteiger partial charge is 3.00 e. The number of carbonyl (C=O) groups excluding carboxylic acids is 3. The number of rotatable bonds is 42. The first-order chi connectivity index (χ1) is 29.3. The van der Waals surface area contributed by atoms with Gasteiger partial charge in [0.05, 0.1) is 0 Å². The minimum absolute atomic E-state index is 0. The van der Waals surface area contributed by atoms with Crippen molar-refractivity contribution in [1.82, 2.24) is 0 Å². The van der Waals surface area contributed by atoms with Crippen molar-refractivity contribution in [3.63, 3.8) is 0 Å². The third-order valence-electron chi connectivity index (χ3n) is 9.99. The molecule has 0 aliphatic rings. The summed E-state index contributed by atoms with van der Waals surface area (Å²) < 4.78 is 0. The van der Waals surface area contributed by atoms with E-state index in [1.54, 1.807) is 0 Å². The zero-order chi connectivity index (χ0) is 44.7. The quantitative estimate of drug-likeness (QED) is 0.0342. The average molecular weight is 894 g/mol. The molecule has 0 N–H and O–H groups in total. The fourth-order valence-electron chi connectivity index (χ4n) is 6.24. The number of aliphatic carboxylic acids is 3. The predicted molar refractivity (Wildman–Crippen MR) is 253 cm³/mol. The number of carboxylic acids is 3. The molecule has 0 aromatic heterocycles. The summed E-state index contributed by atoms with van der Waals surface area (Å²) in [7, 11) is 0. The van der Waals surface area contributed by atoms with Gasteiger partial charge >= 0.3 is 17.1 Å². The first-order valence-corrected chi connectivity index (χ1v) is 24.8. The summed E-state index contributed by atoms with van der Waals surface area (Å²) in [5, 5.41) is 30.6. The number of allylic oxidation sites excluding steroid dienone is 12. The normalized spacial score (nSPS) is 11.5. The summed E-state index contributed by atoms with van der Waals surface area (Å²) in [5.74, 6) is -2.76. The van der Waals surface area contributed by atoms with Crippen LogP contribution >= 0.6 is 0 Å². The molecule has 7 heteroatoms. The monoisotopic (exact) mass is 894 g/mol. The third kappa shape index (κ3) is 75.2. The van der Waals surface area contributed by atoms with E-state index in [0.29, 0.717) is 0 Å². The molecule has 0 aliphatic heterocycles. The van der Waals surface area contributed by atoms with Crippen LogP contribution in [0.15, 0.2) is 72.9 Å². The predicted octanol–water partition coefficient (Wildman–Crippen LogP) is 13.6. The molecule has 353 valence electrons. The summed E-state index contributed by atoms with van der Waals surface area (Å²) in [5.41, 5.74) is 0. The summed E-state index contributed by atoms with van der Waals surface area (Å²) in [4.78, 5) is 30.6. The van der Waals surface area contributed by atoms with Crippen LogP contribution in [0.25, 0.3) is 0 Å². The van der Waals surface area contributed by atoms with Crippen LogP contribution in [-0.2, 0) is 31.5 Å². The van der Waals surface area contributed by atoms with Gasteiger partial charge in [0.2, 0.25) is 0 Å². The molecule has 0 amide bonds. The van der Waals surface area contributed by atoms with Gasteiger partial charge in [-0.2, -0.15) is 0 Å². The van der Waals surface area contributed by atoms with Gasteiger partial charge in [-0.25, -0.2) is 0 Å². The van der Waals surface area contributed by atoms with Crippen LogP contribution in [0.4, 0.5) is 0 Å². The van der Waals surface area contributed by atoms with E-state index in [0.717, 1.165) is 96.3 Å². The van der Waals surface area contributed by atoms with E-state index < -0.39 is 17.9 Å². The van der Waals surface area contributed by atoms with Crippen molar-refractivity contribution in [1.29, 1.82) is 0 Å². The van der Waals surface area contributed by atoms with E-state index in [9.17, 15) is 29.7 Å². The Labute approximate surface area is 387 Å². The number of carbonyl (C=O) groups is 3. The van der Waals surface area contributed by atoms with Gasteiger partial charge in [-0.3, -0.25) is 0 Å². The molecule has 0 aromatic rings. The van der Waals surface area contributed by atoms with E-state index >= 15 is 0 Å². The first-order valence-electron chi connectivity index (χ1n) is 24.8. The molecule has 0 aromatic carbocycles. The second-order valence-corrected chi connectivity index (χ2v) is 16.1. The minimum Gasteiger partial charge on any atom is -0.550 e. The van der Waals surface area contributed by atoms with E-state index in [1.165, 1.54) is 116 Å². The molecule has 0 fully saturated rings. The number of unbranched alkanes of at least 4 members (excludes halogenated alkanes) is 24. The van der Waals surface area contributed by atoms with E-state index in [1.807, 2.05) is 0 Å². The molecule has 0 spiro atoms. The van der Waals surface area contributed by atoms with Gasteiger partial charge < -0.3 is 29.7 Å². The van der Waals surface area contributed by atoms with Gasteiger partial charge in [0.1, 0.15) is 0 Å². The third-order valence-corrected chi connectivity index (χ3v) is 9.99. The fourth-order valence-corrected chi connectivity index (χ4v) is 6.24. The molecule has 0 bridgehead atoms. The molecule has 0 unspecified atom stereocenters. The molecule has 0 heterocycles. The standard InChI is InChI=1S/3C18H32O2.Fe/c3*1-2-3-4-5-6-7-8-9-10-11-12-13-14-15-16-17-18(19)20;/h3*6-7,9-10H,2-5,8,11-17H2,1H3,(H,19,20);/q;;;+3/p-3/b3*7-6-,10-9-;. The van der Waals surface area contributed by atoms with Gasteiger partial charge in [-0.1, -0.05) is 190 Å². The molecule has 0 saturated heterocycles.